The van der Waals surface area contributed by atoms with Gasteiger partial charge in [-0.15, -0.1) is 0 Å². The van der Waals surface area contributed by atoms with E-state index in [2.05, 4.69) is 66.2 Å². The van der Waals surface area contributed by atoms with Crippen molar-refractivity contribution in [3.8, 4) is 11.1 Å². The second-order valence-corrected chi connectivity index (χ2v) is 11.2. The van der Waals surface area contributed by atoms with E-state index in [0.717, 1.165) is 64.7 Å². The molecule has 39 heavy (non-hydrogen) atoms. The molecular formula is C33H42N4O2. The van der Waals surface area contributed by atoms with Gasteiger partial charge in [0.2, 0.25) is 0 Å². The van der Waals surface area contributed by atoms with E-state index in [1.54, 1.807) is 0 Å². The molecule has 4 aromatic rings. The summed E-state index contributed by atoms with van der Waals surface area (Å²) in [7, 11) is 4.17. The van der Waals surface area contributed by atoms with Gasteiger partial charge in [0.05, 0.1) is 6.54 Å². The average molecular weight is 527 g/mol. The van der Waals surface area contributed by atoms with Crippen LogP contribution in [0.2, 0.25) is 0 Å². The monoisotopic (exact) mass is 526 g/mol. The third-order valence-corrected chi connectivity index (χ3v) is 7.44. The Kier molecular flexibility index (Phi) is 8.76. The molecule has 4 rings (SSSR count). The van der Waals surface area contributed by atoms with E-state index in [1.807, 2.05) is 50.9 Å². The first kappa shape index (κ1) is 28.4. The van der Waals surface area contributed by atoms with Gasteiger partial charge >= 0.3 is 0 Å². The highest BCUT2D eigenvalue weighted by molar-refractivity contribution is 6.09. The Bertz CT molecular complexity index is 1510. The maximum absolute atomic E-state index is 14.3. The largest absolute Gasteiger partial charge is 0.361 e. The molecule has 2 N–H and O–H groups in total. The predicted octanol–water partition coefficient (Wildman–Crippen LogP) is 6.25. The van der Waals surface area contributed by atoms with Crippen LogP contribution >= 0.6 is 0 Å². The Morgan fingerprint density at radius 3 is 2.33 bits per heavy atom. The van der Waals surface area contributed by atoms with Crippen molar-refractivity contribution >= 4 is 16.8 Å². The zero-order chi connectivity index (χ0) is 28.3. The van der Waals surface area contributed by atoms with E-state index in [1.165, 1.54) is 5.56 Å². The van der Waals surface area contributed by atoms with Crippen LogP contribution in [-0.4, -0.2) is 52.4 Å². The van der Waals surface area contributed by atoms with E-state index < -0.39 is 0 Å². The van der Waals surface area contributed by atoms with E-state index in [0.29, 0.717) is 11.1 Å². The van der Waals surface area contributed by atoms with E-state index in [9.17, 15) is 9.59 Å². The number of aromatic amines is 2. The summed E-state index contributed by atoms with van der Waals surface area (Å²) in [6.45, 7) is 11.3. The molecule has 0 saturated carbocycles. The van der Waals surface area contributed by atoms with Crippen molar-refractivity contribution in [2.45, 2.75) is 66.5 Å². The molecule has 2 aromatic heterocycles. The number of hydrogen-bond acceptors (Lipinski definition) is 3. The summed E-state index contributed by atoms with van der Waals surface area (Å²) < 4.78 is 0. The second-order valence-electron chi connectivity index (χ2n) is 11.2. The lowest BCUT2D eigenvalue weighted by Gasteiger charge is -2.28. The molecule has 0 radical (unpaired) electrons. The molecule has 2 heterocycles. The van der Waals surface area contributed by atoms with Gasteiger partial charge in [-0.05, 0) is 101 Å². The number of hydrogen-bond donors (Lipinski definition) is 2. The van der Waals surface area contributed by atoms with Crippen molar-refractivity contribution in [1.29, 1.82) is 0 Å². The van der Waals surface area contributed by atoms with Crippen LogP contribution in [0, 0.1) is 13.8 Å². The fraction of sp³-hybridized carbons (Fsp3) is 0.394. The van der Waals surface area contributed by atoms with Gasteiger partial charge < -0.3 is 19.8 Å². The van der Waals surface area contributed by atoms with Crippen LogP contribution in [-0.2, 0) is 19.4 Å². The van der Waals surface area contributed by atoms with Crippen LogP contribution in [0.3, 0.4) is 0 Å². The number of fused-ring (bicyclic) bond motifs is 1. The molecule has 0 unspecified atom stereocenters. The number of H-pyrrole nitrogens is 2. The van der Waals surface area contributed by atoms with Crippen molar-refractivity contribution in [1.82, 2.24) is 19.8 Å². The number of rotatable bonds is 10. The van der Waals surface area contributed by atoms with Gasteiger partial charge in [-0.1, -0.05) is 37.6 Å². The van der Waals surface area contributed by atoms with E-state index >= 15 is 0 Å². The van der Waals surface area contributed by atoms with E-state index in [-0.39, 0.29) is 24.1 Å². The number of carbonyl (C=O) groups is 1. The molecule has 6 nitrogen and oxygen atoms in total. The molecule has 6 heteroatoms. The number of aryl methyl sites for hydroxylation is 3. The minimum Gasteiger partial charge on any atom is -0.361 e. The molecule has 2 aromatic carbocycles. The van der Waals surface area contributed by atoms with Crippen LogP contribution in [0.15, 0.2) is 53.5 Å². The minimum atomic E-state index is -0.108. The fourth-order valence-electron chi connectivity index (χ4n) is 5.26. The molecule has 0 aliphatic carbocycles. The molecule has 0 aliphatic rings. The Morgan fingerprint density at radius 2 is 1.69 bits per heavy atom. The number of nitrogens with zero attached hydrogens (tertiary/aromatic N) is 2. The second kappa shape index (κ2) is 12.0. The number of pyridine rings is 1. The third kappa shape index (κ3) is 6.34. The first-order chi connectivity index (χ1) is 18.6. The smallest absolute Gasteiger partial charge is 0.255 e. The highest BCUT2D eigenvalue weighted by atomic mass is 16.2. The van der Waals surface area contributed by atoms with Gasteiger partial charge in [-0.2, -0.15) is 0 Å². The summed E-state index contributed by atoms with van der Waals surface area (Å²) in [6, 6.07) is 14.7. The fourth-order valence-corrected chi connectivity index (χ4v) is 5.26. The van der Waals surface area contributed by atoms with Crippen molar-refractivity contribution in [3.05, 3.63) is 92.5 Å². The lowest BCUT2D eigenvalue weighted by molar-refractivity contribution is 0.0691. The van der Waals surface area contributed by atoms with Gasteiger partial charge in [0.25, 0.3) is 11.5 Å². The SMILES string of the molecule is CCCc1cc(C)[nH]c(=O)c1CN(C(=O)c1cc(-c2ccc(CCN(C)C)cc2)cc2[nH]cc(C)c12)C(C)C. The number of benzene rings is 2. The lowest BCUT2D eigenvalue weighted by Crippen LogP contribution is -2.38. The molecule has 1 amide bonds. The average Bonchev–Trinajstić information content (AvgIpc) is 3.27. The summed E-state index contributed by atoms with van der Waals surface area (Å²) in [5.41, 5.74) is 8.42. The van der Waals surface area contributed by atoms with Crippen LogP contribution < -0.4 is 5.56 Å². The van der Waals surface area contributed by atoms with Crippen LogP contribution in [0.1, 0.15) is 65.5 Å². The maximum atomic E-state index is 14.3. The van der Waals surface area contributed by atoms with Gasteiger partial charge in [0.15, 0.2) is 0 Å². The summed E-state index contributed by atoms with van der Waals surface area (Å²) in [6.07, 6.45) is 4.69. The third-order valence-electron chi connectivity index (χ3n) is 7.44. The van der Waals surface area contributed by atoms with Gasteiger partial charge in [0, 0.05) is 46.5 Å². The normalized spacial score (nSPS) is 11.6. The van der Waals surface area contributed by atoms with Crippen LogP contribution in [0.4, 0.5) is 0 Å². The molecular weight excluding hydrogens is 484 g/mol. The molecule has 0 atom stereocenters. The first-order valence-electron chi connectivity index (χ1n) is 14.0. The first-order valence-corrected chi connectivity index (χ1v) is 14.0. The van der Waals surface area contributed by atoms with Crippen molar-refractivity contribution in [3.63, 3.8) is 0 Å². The topological polar surface area (TPSA) is 72.2 Å². The molecule has 0 aliphatic heterocycles. The number of carbonyl (C=O) groups excluding carboxylic acids is 1. The quantitative estimate of drug-likeness (QED) is 0.257. The lowest BCUT2D eigenvalue weighted by atomic mass is 9.96. The van der Waals surface area contributed by atoms with Crippen LogP contribution in [0.25, 0.3) is 22.0 Å². The summed E-state index contributed by atoms with van der Waals surface area (Å²) in [5, 5.41) is 0.934. The summed E-state index contributed by atoms with van der Waals surface area (Å²) in [4.78, 5) is 37.6. The maximum Gasteiger partial charge on any atom is 0.255 e. The Labute approximate surface area is 232 Å². The Hall–Kier alpha value is -3.64. The van der Waals surface area contributed by atoms with Crippen molar-refractivity contribution < 1.29 is 4.79 Å². The van der Waals surface area contributed by atoms with E-state index in [4.69, 9.17) is 0 Å². The predicted molar refractivity (Wildman–Crippen MR) is 162 cm³/mol. The summed E-state index contributed by atoms with van der Waals surface area (Å²) in [5.74, 6) is -0.0652. The van der Waals surface area contributed by atoms with Crippen molar-refractivity contribution in [2.75, 3.05) is 20.6 Å². The van der Waals surface area contributed by atoms with Crippen LogP contribution in [0.5, 0.6) is 0 Å². The minimum absolute atomic E-state index is 0.0652. The Balaban J connectivity index is 1.75. The Morgan fingerprint density at radius 1 is 0.974 bits per heavy atom. The molecule has 0 spiro atoms. The van der Waals surface area contributed by atoms with Gasteiger partial charge in [0.1, 0.15) is 0 Å². The molecule has 0 bridgehead atoms. The zero-order valence-electron chi connectivity index (χ0n) is 24.4. The molecule has 0 saturated heterocycles. The van der Waals surface area contributed by atoms with Crippen molar-refractivity contribution in [2.24, 2.45) is 0 Å². The number of likely N-dealkylation sites (N-methyl/N-ethyl adjacent to an activating group) is 1. The standard InChI is InChI=1S/C33H42N4O2/c1-8-9-26-16-23(5)35-32(38)29(26)20-37(21(2)3)33(39)28-17-27(18-30-31(28)22(4)19-34-30)25-12-10-24(11-13-25)14-15-36(6)7/h10-13,16-19,21,34H,8-9,14-15,20H2,1-7H3,(H,35,38). The number of aromatic nitrogens is 2. The number of amides is 1. The zero-order valence-corrected chi connectivity index (χ0v) is 24.4. The molecule has 0 fully saturated rings. The van der Waals surface area contributed by atoms with Gasteiger partial charge in [-0.25, -0.2) is 0 Å². The summed E-state index contributed by atoms with van der Waals surface area (Å²) >= 11 is 0. The highest BCUT2D eigenvalue weighted by Gasteiger charge is 2.25. The highest BCUT2D eigenvalue weighted by Crippen LogP contribution is 2.31. The van der Waals surface area contributed by atoms with Gasteiger partial charge in [-0.3, -0.25) is 9.59 Å². The molecule has 206 valence electrons. The number of nitrogens with one attached hydrogen (secondary N) is 2.